The summed E-state index contributed by atoms with van der Waals surface area (Å²) in [6.07, 6.45) is 0. The fourth-order valence-corrected chi connectivity index (χ4v) is 1.61. The minimum atomic E-state index is 0.315. The topological polar surface area (TPSA) is 12.5 Å². The Kier molecular flexibility index (Phi) is 5.91. The lowest BCUT2D eigenvalue weighted by Crippen LogP contribution is -2.37. The Hall–Kier alpha value is 0.200. The summed E-state index contributed by atoms with van der Waals surface area (Å²) in [5, 5.41) is 0. The molecule has 0 aromatic heterocycles. The van der Waals surface area contributed by atoms with Gasteiger partial charge in [0.2, 0.25) is 0 Å². The predicted molar refractivity (Wildman–Crippen MR) is 55.3 cm³/mol. The first-order valence-electron chi connectivity index (χ1n) is 3.62. The van der Waals surface area contributed by atoms with Crippen LogP contribution in [0.2, 0.25) is 0 Å². The van der Waals surface area contributed by atoms with Crippen LogP contribution >= 0.6 is 24.8 Å². The highest BCUT2D eigenvalue weighted by Gasteiger charge is 2.11. The average molecular weight is 193 g/mol. The fourth-order valence-electron chi connectivity index (χ4n) is 0.967. The van der Waals surface area contributed by atoms with Gasteiger partial charge in [0.15, 0.2) is 0 Å². The predicted octanol–water partition coefficient (Wildman–Crippen LogP) is 1.56. The first-order chi connectivity index (χ1) is 5.13. The van der Waals surface area contributed by atoms with Crippen molar-refractivity contribution in [1.29, 1.82) is 0 Å². The van der Waals surface area contributed by atoms with E-state index in [9.17, 15) is 0 Å². The van der Waals surface area contributed by atoms with E-state index in [1.807, 2.05) is 4.90 Å². The zero-order chi connectivity index (χ0) is 8.85. The number of methoxy groups -OCH3 is 1. The van der Waals surface area contributed by atoms with Gasteiger partial charge in [-0.3, -0.25) is 0 Å². The third-order valence-electron chi connectivity index (χ3n) is 1.53. The van der Waals surface area contributed by atoms with Crippen LogP contribution in [-0.4, -0.2) is 35.5 Å². The van der Waals surface area contributed by atoms with Crippen molar-refractivity contribution in [2.75, 3.05) is 20.3 Å². The minimum absolute atomic E-state index is 0.315. The quantitative estimate of drug-likeness (QED) is 0.538. The van der Waals surface area contributed by atoms with Crippen molar-refractivity contribution in [3.8, 4) is 0 Å². The van der Waals surface area contributed by atoms with Crippen LogP contribution < -0.4 is 0 Å². The molecule has 0 saturated carbocycles. The average Bonchev–Trinajstić information content (AvgIpc) is 1.88. The Morgan fingerprint density at radius 2 is 2.27 bits per heavy atom. The van der Waals surface area contributed by atoms with E-state index in [4.69, 9.17) is 17.0 Å². The van der Waals surface area contributed by atoms with Crippen LogP contribution in [0.25, 0.3) is 0 Å². The second-order valence-corrected chi connectivity index (χ2v) is 3.49. The number of nitrogens with zero attached hydrogens (tertiary/aromatic N) is 1. The number of ether oxygens (including phenoxy) is 1. The van der Waals surface area contributed by atoms with Crippen LogP contribution in [0, 0.1) is 0 Å². The van der Waals surface area contributed by atoms with E-state index in [1.165, 1.54) is 0 Å². The van der Waals surface area contributed by atoms with Crippen LogP contribution in [0.5, 0.6) is 0 Å². The molecule has 0 amide bonds. The van der Waals surface area contributed by atoms with Gasteiger partial charge in [-0.05, 0) is 13.8 Å². The van der Waals surface area contributed by atoms with Gasteiger partial charge in [0.25, 0.3) is 0 Å². The lowest BCUT2D eigenvalue weighted by molar-refractivity contribution is 0.140. The lowest BCUT2D eigenvalue weighted by Gasteiger charge is -2.27. The van der Waals surface area contributed by atoms with E-state index >= 15 is 0 Å². The number of hydrogen-bond donors (Lipinski definition) is 1. The molecule has 0 aromatic rings. The van der Waals surface area contributed by atoms with Gasteiger partial charge in [-0.2, -0.15) is 0 Å². The van der Waals surface area contributed by atoms with E-state index in [0.717, 1.165) is 6.54 Å². The third kappa shape index (κ3) is 3.94. The van der Waals surface area contributed by atoms with Crippen LogP contribution in [0.15, 0.2) is 0 Å². The second kappa shape index (κ2) is 5.80. The van der Waals surface area contributed by atoms with Gasteiger partial charge in [-0.1, -0.05) is 12.2 Å². The summed E-state index contributed by atoms with van der Waals surface area (Å²) >= 11 is 9.05. The molecule has 0 N–H and O–H groups in total. The molecular weight excluding hydrogens is 178 g/mol. The van der Waals surface area contributed by atoms with Crippen molar-refractivity contribution in [2.45, 2.75) is 19.9 Å². The third-order valence-corrected chi connectivity index (χ3v) is 2.02. The SMILES string of the molecule is CCN(C(=S)S)C(C)COC. The Balaban J connectivity index is 3.91. The Labute approximate surface area is 79.3 Å². The molecule has 0 heterocycles. The van der Waals surface area contributed by atoms with Crippen molar-refractivity contribution >= 4 is 29.2 Å². The van der Waals surface area contributed by atoms with Crippen molar-refractivity contribution < 1.29 is 4.74 Å². The maximum atomic E-state index is 5.00. The van der Waals surface area contributed by atoms with E-state index in [-0.39, 0.29) is 0 Å². The minimum Gasteiger partial charge on any atom is -0.383 e. The molecule has 4 heteroatoms. The standard InChI is InChI=1S/C7H15NOS2/c1-4-8(7(10)11)6(2)5-9-3/h6H,4-5H2,1-3H3,(H,10,11). The molecule has 0 aliphatic rings. The van der Waals surface area contributed by atoms with E-state index in [0.29, 0.717) is 17.0 Å². The summed E-state index contributed by atoms with van der Waals surface area (Å²) in [4.78, 5) is 2.02. The normalized spacial score (nSPS) is 12.7. The van der Waals surface area contributed by atoms with Crippen molar-refractivity contribution in [3.63, 3.8) is 0 Å². The molecule has 66 valence electrons. The van der Waals surface area contributed by atoms with Gasteiger partial charge < -0.3 is 9.64 Å². The maximum absolute atomic E-state index is 5.00. The Bertz CT molecular complexity index is 130. The molecular formula is C7H15NOS2. The molecule has 1 atom stereocenters. The molecule has 0 rings (SSSR count). The molecule has 0 radical (unpaired) electrons. The zero-order valence-electron chi connectivity index (χ0n) is 7.20. The summed E-state index contributed by atoms with van der Waals surface area (Å²) in [6, 6.07) is 0.315. The molecule has 0 fully saturated rings. The van der Waals surface area contributed by atoms with Crippen LogP contribution in [0.3, 0.4) is 0 Å². The maximum Gasteiger partial charge on any atom is 0.133 e. The van der Waals surface area contributed by atoms with Crippen molar-refractivity contribution in [2.24, 2.45) is 0 Å². The lowest BCUT2D eigenvalue weighted by atomic mass is 10.3. The molecule has 0 aromatic carbocycles. The fraction of sp³-hybridized carbons (Fsp3) is 0.857. The Morgan fingerprint density at radius 1 is 1.73 bits per heavy atom. The number of hydrogen-bond acceptors (Lipinski definition) is 2. The molecule has 0 spiro atoms. The summed E-state index contributed by atoms with van der Waals surface area (Å²) in [6.45, 7) is 5.69. The smallest absolute Gasteiger partial charge is 0.133 e. The van der Waals surface area contributed by atoms with Gasteiger partial charge in [0.1, 0.15) is 4.32 Å². The molecule has 0 saturated heterocycles. The second-order valence-electron chi connectivity index (χ2n) is 2.37. The number of rotatable bonds is 4. The number of likely N-dealkylation sites (N-methyl/N-ethyl adjacent to an activating group) is 1. The highest BCUT2D eigenvalue weighted by atomic mass is 32.1. The van der Waals surface area contributed by atoms with Crippen molar-refractivity contribution in [3.05, 3.63) is 0 Å². The molecule has 11 heavy (non-hydrogen) atoms. The van der Waals surface area contributed by atoms with Crippen molar-refractivity contribution in [1.82, 2.24) is 4.90 Å². The highest BCUT2D eigenvalue weighted by molar-refractivity contribution is 8.10. The number of thiol groups is 1. The molecule has 1 unspecified atom stereocenters. The van der Waals surface area contributed by atoms with Crippen LogP contribution in [-0.2, 0) is 4.74 Å². The summed E-state index contributed by atoms with van der Waals surface area (Å²) in [5.74, 6) is 0. The van der Waals surface area contributed by atoms with Gasteiger partial charge in [0, 0.05) is 13.7 Å². The largest absolute Gasteiger partial charge is 0.383 e. The monoisotopic (exact) mass is 193 g/mol. The van der Waals surface area contributed by atoms with E-state index < -0.39 is 0 Å². The first kappa shape index (κ1) is 11.2. The van der Waals surface area contributed by atoms with Gasteiger partial charge >= 0.3 is 0 Å². The van der Waals surface area contributed by atoms with Gasteiger partial charge in [-0.25, -0.2) is 0 Å². The van der Waals surface area contributed by atoms with Crippen LogP contribution in [0.1, 0.15) is 13.8 Å². The molecule has 0 aliphatic heterocycles. The highest BCUT2D eigenvalue weighted by Crippen LogP contribution is 2.03. The summed E-state index contributed by atoms with van der Waals surface area (Å²) in [7, 11) is 1.69. The molecule has 0 aliphatic carbocycles. The van der Waals surface area contributed by atoms with Crippen LogP contribution in [0.4, 0.5) is 0 Å². The molecule has 2 nitrogen and oxygen atoms in total. The van der Waals surface area contributed by atoms with E-state index in [1.54, 1.807) is 7.11 Å². The molecule has 0 bridgehead atoms. The zero-order valence-corrected chi connectivity index (χ0v) is 8.91. The Morgan fingerprint density at radius 3 is 2.55 bits per heavy atom. The number of thiocarbonyl (C=S) groups is 1. The summed E-state index contributed by atoms with van der Waals surface area (Å²) in [5.41, 5.74) is 0. The van der Waals surface area contributed by atoms with Gasteiger partial charge in [0.05, 0.1) is 12.6 Å². The van der Waals surface area contributed by atoms with E-state index in [2.05, 4.69) is 26.5 Å². The summed E-state index contributed by atoms with van der Waals surface area (Å²) < 4.78 is 5.64. The van der Waals surface area contributed by atoms with Gasteiger partial charge in [-0.15, -0.1) is 12.6 Å². The first-order valence-corrected chi connectivity index (χ1v) is 4.47.